The van der Waals surface area contributed by atoms with Crippen LogP contribution < -0.4 is 10.6 Å². The molecule has 2 atom stereocenters. The molecule has 1 aromatic heterocycles. The molecule has 1 saturated heterocycles. The minimum Gasteiger partial charge on any atom is -0.462 e. The van der Waals surface area contributed by atoms with E-state index in [0.717, 1.165) is 58.6 Å². The van der Waals surface area contributed by atoms with Crippen molar-refractivity contribution < 1.29 is 23.9 Å². The van der Waals surface area contributed by atoms with E-state index < -0.39 is 35.9 Å². The summed E-state index contributed by atoms with van der Waals surface area (Å²) in [5, 5.41) is 6.10. The van der Waals surface area contributed by atoms with Gasteiger partial charge in [0.1, 0.15) is 17.1 Å². The van der Waals surface area contributed by atoms with Crippen LogP contribution in [-0.4, -0.2) is 41.9 Å². The second-order valence-electron chi connectivity index (χ2n) is 9.56. The summed E-state index contributed by atoms with van der Waals surface area (Å²) in [6, 6.07) is 7.05. The molecule has 2 N–H and O–H groups in total. The zero-order valence-electron chi connectivity index (χ0n) is 19.9. The Morgan fingerprint density at radius 3 is 2.86 bits per heavy atom. The molecule has 0 bridgehead atoms. The SMILES string of the molecule is CCOC(=O)c1c(NC(=O)CN2C(=O)N[C@]3(CCCc4ccccc43)C2=O)sc2c1CC[C@H](C)C2. The van der Waals surface area contributed by atoms with E-state index in [0.29, 0.717) is 22.9 Å². The number of carbonyl (C=O) groups is 4. The smallest absolute Gasteiger partial charge is 0.341 e. The highest BCUT2D eigenvalue weighted by atomic mass is 32.1. The van der Waals surface area contributed by atoms with Gasteiger partial charge < -0.3 is 15.4 Å². The van der Waals surface area contributed by atoms with Gasteiger partial charge in [0, 0.05) is 4.88 Å². The van der Waals surface area contributed by atoms with Gasteiger partial charge in [-0.05, 0) is 68.1 Å². The second kappa shape index (κ2) is 9.11. The first-order valence-electron chi connectivity index (χ1n) is 12.2. The topological polar surface area (TPSA) is 105 Å². The van der Waals surface area contributed by atoms with Crippen molar-refractivity contribution in [3.05, 3.63) is 51.4 Å². The second-order valence-corrected chi connectivity index (χ2v) is 10.7. The van der Waals surface area contributed by atoms with E-state index in [1.54, 1.807) is 6.92 Å². The first-order chi connectivity index (χ1) is 16.8. The Balaban J connectivity index is 1.38. The highest BCUT2D eigenvalue weighted by molar-refractivity contribution is 7.17. The number of rotatable bonds is 5. The maximum atomic E-state index is 13.5. The van der Waals surface area contributed by atoms with Gasteiger partial charge in [0.25, 0.3) is 5.91 Å². The van der Waals surface area contributed by atoms with Gasteiger partial charge >= 0.3 is 12.0 Å². The lowest BCUT2D eigenvalue weighted by atomic mass is 9.76. The fraction of sp³-hybridized carbons (Fsp3) is 0.462. The minimum absolute atomic E-state index is 0.235. The Hall–Kier alpha value is -3.20. The summed E-state index contributed by atoms with van der Waals surface area (Å²) in [6.45, 7) is 3.73. The van der Waals surface area contributed by atoms with Gasteiger partial charge in [-0.25, -0.2) is 9.59 Å². The largest absolute Gasteiger partial charge is 0.462 e. The van der Waals surface area contributed by atoms with Crippen molar-refractivity contribution >= 4 is 40.2 Å². The fourth-order valence-corrected chi connectivity index (χ4v) is 6.94. The van der Waals surface area contributed by atoms with E-state index in [-0.39, 0.29) is 6.61 Å². The van der Waals surface area contributed by atoms with Crippen molar-refractivity contribution in [1.29, 1.82) is 0 Å². The van der Waals surface area contributed by atoms with E-state index in [1.165, 1.54) is 11.3 Å². The van der Waals surface area contributed by atoms with Crippen LogP contribution in [0.4, 0.5) is 9.80 Å². The summed E-state index contributed by atoms with van der Waals surface area (Å²) < 4.78 is 5.27. The number of imide groups is 1. The molecular weight excluding hydrogens is 466 g/mol. The molecule has 4 amide bonds. The number of aryl methyl sites for hydroxylation is 1. The molecule has 8 nitrogen and oxygen atoms in total. The molecule has 2 heterocycles. The summed E-state index contributed by atoms with van der Waals surface area (Å²) >= 11 is 1.38. The van der Waals surface area contributed by atoms with Crippen LogP contribution in [0.5, 0.6) is 0 Å². The molecule has 0 unspecified atom stereocenters. The number of fused-ring (bicyclic) bond motifs is 3. The van der Waals surface area contributed by atoms with Crippen LogP contribution in [0.2, 0.25) is 0 Å². The van der Waals surface area contributed by atoms with E-state index in [4.69, 9.17) is 4.74 Å². The molecule has 1 aliphatic heterocycles. The summed E-state index contributed by atoms with van der Waals surface area (Å²) in [6.07, 6.45) is 4.68. The van der Waals surface area contributed by atoms with Gasteiger partial charge in [0.15, 0.2) is 0 Å². The Morgan fingerprint density at radius 2 is 2.06 bits per heavy atom. The number of carbonyl (C=O) groups excluding carboxylic acids is 4. The standard InChI is InChI=1S/C26H29N3O5S/c1-3-34-23(31)21-17-11-10-15(2)13-19(17)35-22(21)27-20(30)14-29-24(32)26(28-25(29)33)12-6-8-16-7-4-5-9-18(16)26/h4-5,7,9,15H,3,6,8,10-14H2,1-2H3,(H,27,30)(H,28,33)/t15-,26-/m0/s1. The number of esters is 1. The van der Waals surface area contributed by atoms with Crippen LogP contribution in [0.15, 0.2) is 24.3 Å². The predicted molar refractivity (Wildman–Crippen MR) is 131 cm³/mol. The van der Waals surface area contributed by atoms with Crippen molar-refractivity contribution in [1.82, 2.24) is 10.2 Å². The lowest BCUT2D eigenvalue weighted by Crippen LogP contribution is -2.47. The predicted octanol–water partition coefficient (Wildman–Crippen LogP) is 3.77. The Bertz CT molecular complexity index is 1220. The normalized spacial score (nSPS) is 23.0. The van der Waals surface area contributed by atoms with Crippen LogP contribution in [-0.2, 0) is 39.1 Å². The third kappa shape index (κ3) is 4.01. The summed E-state index contributed by atoms with van der Waals surface area (Å²) in [5.74, 6) is -0.885. The third-order valence-electron chi connectivity index (χ3n) is 7.20. The summed E-state index contributed by atoms with van der Waals surface area (Å²) in [7, 11) is 0. The number of hydrogen-bond donors (Lipinski definition) is 2. The van der Waals surface area contributed by atoms with E-state index in [9.17, 15) is 19.2 Å². The number of hydrogen-bond acceptors (Lipinski definition) is 6. The lowest BCUT2D eigenvalue weighted by Gasteiger charge is -2.33. The number of benzene rings is 1. The number of anilines is 1. The molecule has 2 aliphatic carbocycles. The highest BCUT2D eigenvalue weighted by Gasteiger charge is 2.54. The number of ether oxygens (including phenoxy) is 1. The molecule has 1 aromatic carbocycles. The molecule has 3 aliphatic rings. The van der Waals surface area contributed by atoms with Gasteiger partial charge in [-0.3, -0.25) is 14.5 Å². The van der Waals surface area contributed by atoms with E-state index in [1.807, 2.05) is 24.3 Å². The number of nitrogens with zero attached hydrogens (tertiary/aromatic N) is 1. The van der Waals surface area contributed by atoms with Crippen molar-refractivity contribution in [2.75, 3.05) is 18.5 Å². The minimum atomic E-state index is -1.12. The maximum absolute atomic E-state index is 13.5. The molecule has 35 heavy (non-hydrogen) atoms. The van der Waals surface area contributed by atoms with Gasteiger partial charge in [0.2, 0.25) is 5.91 Å². The van der Waals surface area contributed by atoms with Crippen molar-refractivity contribution in [2.45, 2.75) is 57.9 Å². The van der Waals surface area contributed by atoms with Crippen LogP contribution in [0.25, 0.3) is 0 Å². The number of urea groups is 1. The number of thiophene rings is 1. The van der Waals surface area contributed by atoms with Gasteiger partial charge in [-0.2, -0.15) is 0 Å². The Labute approximate surface area is 208 Å². The van der Waals surface area contributed by atoms with Crippen LogP contribution in [0.1, 0.15) is 65.0 Å². The quantitative estimate of drug-likeness (QED) is 0.485. The van der Waals surface area contributed by atoms with Crippen LogP contribution in [0, 0.1) is 5.92 Å². The molecule has 1 fully saturated rings. The Kier molecular flexibility index (Phi) is 6.13. The third-order valence-corrected chi connectivity index (χ3v) is 8.37. The summed E-state index contributed by atoms with van der Waals surface area (Å²) in [5.41, 5.74) is 2.06. The van der Waals surface area contributed by atoms with Crippen LogP contribution >= 0.6 is 11.3 Å². The molecule has 9 heteroatoms. The maximum Gasteiger partial charge on any atom is 0.341 e. The monoisotopic (exact) mass is 495 g/mol. The molecule has 0 saturated carbocycles. The Morgan fingerprint density at radius 1 is 1.26 bits per heavy atom. The van der Waals surface area contributed by atoms with Crippen LogP contribution in [0.3, 0.4) is 0 Å². The van der Waals surface area contributed by atoms with Crippen molar-refractivity contribution in [3.8, 4) is 0 Å². The number of amides is 4. The first-order valence-corrected chi connectivity index (χ1v) is 13.0. The zero-order chi connectivity index (χ0) is 24.7. The number of nitrogens with one attached hydrogen (secondary N) is 2. The molecule has 184 valence electrons. The first kappa shape index (κ1) is 23.5. The lowest BCUT2D eigenvalue weighted by molar-refractivity contribution is -0.134. The molecule has 5 rings (SSSR count). The van der Waals surface area contributed by atoms with E-state index >= 15 is 0 Å². The summed E-state index contributed by atoms with van der Waals surface area (Å²) in [4.78, 5) is 54.2. The molecular formula is C26H29N3O5S. The van der Waals surface area contributed by atoms with Crippen molar-refractivity contribution in [2.24, 2.45) is 5.92 Å². The molecule has 1 spiro atoms. The van der Waals surface area contributed by atoms with Gasteiger partial charge in [-0.15, -0.1) is 11.3 Å². The van der Waals surface area contributed by atoms with E-state index in [2.05, 4.69) is 17.6 Å². The average molecular weight is 496 g/mol. The zero-order valence-corrected chi connectivity index (χ0v) is 20.8. The van der Waals surface area contributed by atoms with Gasteiger partial charge in [0.05, 0.1) is 12.2 Å². The highest BCUT2D eigenvalue weighted by Crippen LogP contribution is 2.41. The van der Waals surface area contributed by atoms with Crippen molar-refractivity contribution in [3.63, 3.8) is 0 Å². The average Bonchev–Trinajstić information content (AvgIpc) is 3.29. The fourth-order valence-electron chi connectivity index (χ4n) is 5.52. The molecule has 2 aromatic rings. The molecule has 0 radical (unpaired) electrons. The van der Waals surface area contributed by atoms with Gasteiger partial charge in [-0.1, -0.05) is 31.2 Å².